The van der Waals surface area contributed by atoms with Gasteiger partial charge in [0, 0.05) is 24.9 Å². The van der Waals surface area contributed by atoms with Crippen LogP contribution in [0.5, 0.6) is 11.5 Å². The van der Waals surface area contributed by atoms with Crippen LogP contribution in [0.4, 0.5) is 5.69 Å². The zero-order chi connectivity index (χ0) is 16.5. The number of anilines is 1. The third-order valence-electron chi connectivity index (χ3n) is 3.90. The zero-order valence-electron chi connectivity index (χ0n) is 14.4. The van der Waals surface area contributed by atoms with Crippen molar-refractivity contribution in [3.05, 3.63) is 18.2 Å². The topological polar surface area (TPSA) is 78.1 Å². The number of rotatable bonds is 8. The molecule has 0 amide bonds. The molecular weight excluding hydrogens is 421 g/mol. The van der Waals surface area contributed by atoms with E-state index in [0.717, 1.165) is 18.7 Å². The molecule has 2 rings (SSSR count). The smallest absolute Gasteiger partial charge is 0.193 e. The SMILES string of the molecule is COc1ccc(NC(N)=NCCCOC2CCCC2)cc1OC.I. The number of hydrogen-bond acceptors (Lipinski definition) is 4. The molecule has 0 heterocycles. The number of benzene rings is 1. The Morgan fingerprint density at radius 1 is 1.21 bits per heavy atom. The molecule has 1 saturated carbocycles. The molecule has 136 valence electrons. The number of methoxy groups -OCH3 is 2. The van der Waals surface area contributed by atoms with Gasteiger partial charge >= 0.3 is 0 Å². The molecule has 1 aliphatic rings. The van der Waals surface area contributed by atoms with Crippen LogP contribution in [-0.4, -0.2) is 39.4 Å². The predicted octanol–water partition coefficient (Wildman–Crippen LogP) is 3.40. The molecule has 1 aliphatic carbocycles. The number of ether oxygens (including phenoxy) is 3. The molecule has 0 saturated heterocycles. The molecule has 1 aromatic rings. The number of nitrogens with zero attached hydrogens (tertiary/aromatic N) is 1. The number of aliphatic imine (C=N–C) groups is 1. The minimum Gasteiger partial charge on any atom is -0.493 e. The zero-order valence-corrected chi connectivity index (χ0v) is 16.7. The third kappa shape index (κ3) is 6.72. The molecular formula is C17H28IN3O3. The van der Waals surface area contributed by atoms with Crippen molar-refractivity contribution in [3.8, 4) is 11.5 Å². The predicted molar refractivity (Wildman–Crippen MR) is 108 cm³/mol. The van der Waals surface area contributed by atoms with Crippen molar-refractivity contribution < 1.29 is 14.2 Å². The molecule has 6 nitrogen and oxygen atoms in total. The van der Waals surface area contributed by atoms with Crippen molar-refractivity contribution in [2.75, 3.05) is 32.7 Å². The van der Waals surface area contributed by atoms with Crippen LogP contribution in [-0.2, 0) is 4.74 Å². The summed E-state index contributed by atoms with van der Waals surface area (Å²) in [5.41, 5.74) is 6.71. The van der Waals surface area contributed by atoms with Crippen LogP contribution in [0.3, 0.4) is 0 Å². The largest absolute Gasteiger partial charge is 0.493 e. The molecule has 24 heavy (non-hydrogen) atoms. The summed E-state index contributed by atoms with van der Waals surface area (Å²) in [7, 11) is 3.21. The molecule has 1 aromatic carbocycles. The van der Waals surface area contributed by atoms with Gasteiger partial charge in [0.2, 0.25) is 0 Å². The normalized spacial score (nSPS) is 15.0. The molecule has 0 atom stereocenters. The maximum Gasteiger partial charge on any atom is 0.193 e. The van der Waals surface area contributed by atoms with E-state index in [0.29, 0.717) is 30.1 Å². The van der Waals surface area contributed by atoms with Crippen LogP contribution in [0, 0.1) is 0 Å². The number of guanidine groups is 1. The molecule has 0 spiro atoms. The van der Waals surface area contributed by atoms with Crippen LogP contribution in [0.25, 0.3) is 0 Å². The van der Waals surface area contributed by atoms with Gasteiger partial charge in [-0.05, 0) is 31.4 Å². The van der Waals surface area contributed by atoms with Crippen LogP contribution < -0.4 is 20.5 Å². The van der Waals surface area contributed by atoms with E-state index >= 15 is 0 Å². The average Bonchev–Trinajstić information content (AvgIpc) is 3.07. The molecule has 0 bridgehead atoms. The Bertz CT molecular complexity index is 520. The van der Waals surface area contributed by atoms with Crippen molar-refractivity contribution in [2.45, 2.75) is 38.2 Å². The molecule has 0 radical (unpaired) electrons. The highest BCUT2D eigenvalue weighted by atomic mass is 127. The first-order chi connectivity index (χ1) is 11.2. The lowest BCUT2D eigenvalue weighted by atomic mass is 10.3. The summed E-state index contributed by atoms with van der Waals surface area (Å²) in [5.74, 6) is 1.71. The van der Waals surface area contributed by atoms with Crippen molar-refractivity contribution in [2.24, 2.45) is 10.7 Å². The molecule has 0 unspecified atom stereocenters. The number of nitrogens with two attached hydrogens (primary N) is 1. The van der Waals surface area contributed by atoms with Gasteiger partial charge < -0.3 is 25.3 Å². The Hall–Kier alpha value is -1.22. The van der Waals surface area contributed by atoms with E-state index in [-0.39, 0.29) is 24.0 Å². The van der Waals surface area contributed by atoms with E-state index in [2.05, 4.69) is 10.3 Å². The summed E-state index contributed by atoms with van der Waals surface area (Å²) in [6.07, 6.45) is 6.33. The maximum absolute atomic E-state index is 5.90. The molecule has 0 aliphatic heterocycles. The second-order valence-electron chi connectivity index (χ2n) is 5.59. The monoisotopic (exact) mass is 449 g/mol. The Kier molecular flexibility index (Phi) is 9.85. The highest BCUT2D eigenvalue weighted by molar-refractivity contribution is 14.0. The minimum absolute atomic E-state index is 0. The van der Waals surface area contributed by atoms with Crippen molar-refractivity contribution in [1.29, 1.82) is 0 Å². The fraction of sp³-hybridized carbons (Fsp3) is 0.588. The van der Waals surface area contributed by atoms with E-state index in [1.165, 1.54) is 25.7 Å². The Labute approximate surface area is 161 Å². The lowest BCUT2D eigenvalue weighted by molar-refractivity contribution is 0.0579. The lowest BCUT2D eigenvalue weighted by Gasteiger charge is -2.11. The highest BCUT2D eigenvalue weighted by Gasteiger charge is 2.14. The van der Waals surface area contributed by atoms with E-state index in [4.69, 9.17) is 19.9 Å². The molecule has 7 heteroatoms. The quantitative estimate of drug-likeness (QED) is 0.275. The van der Waals surface area contributed by atoms with E-state index in [1.807, 2.05) is 18.2 Å². The van der Waals surface area contributed by atoms with Gasteiger partial charge in [-0.25, -0.2) is 0 Å². The summed E-state index contributed by atoms with van der Waals surface area (Å²) in [5, 5.41) is 3.05. The first-order valence-corrected chi connectivity index (χ1v) is 8.13. The first kappa shape index (κ1) is 20.8. The highest BCUT2D eigenvalue weighted by Crippen LogP contribution is 2.29. The maximum atomic E-state index is 5.90. The van der Waals surface area contributed by atoms with Crippen LogP contribution >= 0.6 is 24.0 Å². The summed E-state index contributed by atoms with van der Waals surface area (Å²) in [6.45, 7) is 1.40. The van der Waals surface area contributed by atoms with Gasteiger partial charge in [0.25, 0.3) is 0 Å². The second-order valence-corrected chi connectivity index (χ2v) is 5.59. The summed E-state index contributed by atoms with van der Waals surface area (Å²) in [4.78, 5) is 4.31. The van der Waals surface area contributed by atoms with Gasteiger partial charge in [0.1, 0.15) is 0 Å². The standard InChI is InChI=1S/C17H27N3O3.HI/c1-21-15-9-8-13(12-16(15)22-2)20-17(18)19-10-5-11-23-14-6-3-4-7-14;/h8-9,12,14H,3-7,10-11H2,1-2H3,(H3,18,19,20);1H. The first-order valence-electron chi connectivity index (χ1n) is 8.13. The van der Waals surface area contributed by atoms with Gasteiger partial charge in [-0.1, -0.05) is 12.8 Å². The van der Waals surface area contributed by atoms with Gasteiger partial charge in [-0.2, -0.15) is 0 Å². The molecule has 3 N–H and O–H groups in total. The lowest BCUT2D eigenvalue weighted by Crippen LogP contribution is -2.23. The van der Waals surface area contributed by atoms with E-state index in [9.17, 15) is 0 Å². The van der Waals surface area contributed by atoms with E-state index < -0.39 is 0 Å². The van der Waals surface area contributed by atoms with Crippen LogP contribution in [0.15, 0.2) is 23.2 Å². The Balaban J connectivity index is 0.00000288. The van der Waals surface area contributed by atoms with Crippen LogP contribution in [0.1, 0.15) is 32.1 Å². The fourth-order valence-corrected chi connectivity index (χ4v) is 2.67. The van der Waals surface area contributed by atoms with Crippen molar-refractivity contribution in [3.63, 3.8) is 0 Å². The summed E-state index contributed by atoms with van der Waals surface area (Å²) in [6, 6.07) is 5.52. The molecule has 0 aromatic heterocycles. The number of halogens is 1. The summed E-state index contributed by atoms with van der Waals surface area (Å²) >= 11 is 0. The minimum atomic E-state index is 0. The average molecular weight is 449 g/mol. The van der Waals surface area contributed by atoms with Gasteiger partial charge in [-0.3, -0.25) is 4.99 Å². The van der Waals surface area contributed by atoms with Gasteiger partial charge in [-0.15, -0.1) is 24.0 Å². The fourth-order valence-electron chi connectivity index (χ4n) is 2.67. The second kappa shape index (κ2) is 11.4. The Morgan fingerprint density at radius 3 is 2.58 bits per heavy atom. The molecule has 1 fully saturated rings. The third-order valence-corrected chi connectivity index (χ3v) is 3.90. The van der Waals surface area contributed by atoms with Crippen molar-refractivity contribution in [1.82, 2.24) is 0 Å². The number of hydrogen-bond donors (Lipinski definition) is 2. The summed E-state index contributed by atoms with van der Waals surface area (Å²) < 4.78 is 16.3. The number of nitrogens with one attached hydrogen (secondary N) is 1. The Morgan fingerprint density at radius 2 is 1.92 bits per heavy atom. The van der Waals surface area contributed by atoms with Crippen LogP contribution in [0.2, 0.25) is 0 Å². The van der Waals surface area contributed by atoms with Gasteiger partial charge in [0.15, 0.2) is 17.5 Å². The van der Waals surface area contributed by atoms with Gasteiger partial charge in [0.05, 0.1) is 20.3 Å². The van der Waals surface area contributed by atoms with Crippen molar-refractivity contribution >= 4 is 35.6 Å². The van der Waals surface area contributed by atoms with E-state index in [1.54, 1.807) is 14.2 Å².